The van der Waals surface area contributed by atoms with Crippen molar-refractivity contribution in [2.24, 2.45) is 0 Å². The van der Waals surface area contributed by atoms with Crippen LogP contribution in [0.5, 0.6) is 0 Å². The number of unbranched alkanes of at least 4 members (excludes halogenated alkanes) is 2. The second-order valence-corrected chi connectivity index (χ2v) is 10.1. The fourth-order valence-corrected chi connectivity index (χ4v) is 4.32. The molecule has 5 atom stereocenters. The van der Waals surface area contributed by atoms with Gasteiger partial charge < -0.3 is 28.4 Å². The molecule has 0 unspecified atom stereocenters. The van der Waals surface area contributed by atoms with Gasteiger partial charge in [-0.1, -0.05) is 33.6 Å². The molecule has 13 heteroatoms. The predicted molar refractivity (Wildman–Crippen MR) is 156 cm³/mol. The zero-order valence-corrected chi connectivity index (χ0v) is 25.2. The molecule has 0 saturated carbocycles. The third-order valence-electron chi connectivity index (χ3n) is 6.57. The maximum atomic E-state index is 14.1. The summed E-state index contributed by atoms with van der Waals surface area (Å²) in [4.78, 5) is 25.6. The maximum absolute atomic E-state index is 14.1. The molecule has 44 heavy (non-hydrogen) atoms. The summed E-state index contributed by atoms with van der Waals surface area (Å²) in [6.45, 7) is 6.49. The smallest absolute Gasteiger partial charge is 0.412 e. The monoisotopic (exact) mass is 626 g/mol. The van der Waals surface area contributed by atoms with Gasteiger partial charge in [0.25, 0.3) is 0 Å². The molecule has 1 fully saturated rings. The highest BCUT2D eigenvalue weighted by atomic mass is 19.1. The van der Waals surface area contributed by atoms with Gasteiger partial charge in [-0.15, -0.1) is 0 Å². The second kappa shape index (κ2) is 18.4. The molecule has 2 aromatic carbocycles. The minimum atomic E-state index is -1.16. The Morgan fingerprint density at radius 2 is 1.41 bits per heavy atom. The van der Waals surface area contributed by atoms with Gasteiger partial charge in [-0.25, -0.2) is 22.8 Å². The molecule has 10 nitrogen and oxygen atoms in total. The Bertz CT molecular complexity index is 1170. The average molecular weight is 627 g/mol. The lowest BCUT2D eigenvalue weighted by Crippen LogP contribution is -2.62. The van der Waals surface area contributed by atoms with E-state index in [-0.39, 0.29) is 18.0 Å². The van der Waals surface area contributed by atoms with Crippen molar-refractivity contribution in [3.63, 3.8) is 0 Å². The topological polar surface area (TPSA) is 114 Å². The van der Waals surface area contributed by atoms with E-state index in [1.807, 2.05) is 20.8 Å². The molecule has 1 aliphatic rings. The summed E-state index contributed by atoms with van der Waals surface area (Å²) >= 11 is 0. The van der Waals surface area contributed by atoms with Gasteiger partial charge in [0, 0.05) is 31.6 Å². The van der Waals surface area contributed by atoms with Crippen LogP contribution in [0.4, 0.5) is 34.1 Å². The highest BCUT2D eigenvalue weighted by Crippen LogP contribution is 2.30. The minimum Gasteiger partial charge on any atom is -0.446 e. The van der Waals surface area contributed by atoms with Crippen molar-refractivity contribution < 1.29 is 51.2 Å². The lowest BCUT2D eigenvalue weighted by Gasteiger charge is -2.45. The SMILES string of the molecule is CCCCO[C@@H]1O[C@H](COC(=O)Nc2ccc(F)cc2F)[C@@H](OC(=O)Nc2ccc(F)cc2)[C@H](OCCC)[C@H]1OCCCC. The zero-order chi connectivity index (χ0) is 31.9. The summed E-state index contributed by atoms with van der Waals surface area (Å²) in [5.74, 6) is -2.27. The fourth-order valence-electron chi connectivity index (χ4n) is 4.32. The molecular formula is C31H41F3N2O8. The first-order valence-corrected chi connectivity index (χ1v) is 14.9. The second-order valence-electron chi connectivity index (χ2n) is 10.1. The lowest BCUT2D eigenvalue weighted by atomic mass is 9.98. The van der Waals surface area contributed by atoms with Crippen LogP contribution in [0.15, 0.2) is 42.5 Å². The number of carbonyl (C=O) groups excluding carboxylic acids is 2. The predicted octanol–water partition coefficient (Wildman–Crippen LogP) is 6.79. The van der Waals surface area contributed by atoms with Crippen LogP contribution in [-0.4, -0.2) is 69.3 Å². The van der Waals surface area contributed by atoms with Crippen molar-refractivity contribution in [3.8, 4) is 0 Å². The standard InChI is InChI=1S/C31H41F3N2O8/c1-4-7-16-40-28-27(39-15-6-3)26(44-31(38)35-22-12-9-20(32)10-13-22)25(43-29(28)41-17-8-5-2)19-42-30(37)36-24-14-11-21(33)18-23(24)34/h9-14,18,25-29H,4-8,15-17,19H2,1-3H3,(H,35,38)(H,36,37)/t25-,26-,27+,28-,29-/m1/s1. The number of carbonyl (C=O) groups is 2. The van der Waals surface area contributed by atoms with Crippen LogP contribution in [0, 0.1) is 17.5 Å². The number of ether oxygens (including phenoxy) is 6. The van der Waals surface area contributed by atoms with Crippen molar-refractivity contribution >= 4 is 23.6 Å². The Morgan fingerprint density at radius 3 is 2.07 bits per heavy atom. The van der Waals surface area contributed by atoms with Crippen LogP contribution < -0.4 is 10.6 Å². The Hall–Kier alpha value is -3.39. The van der Waals surface area contributed by atoms with Crippen molar-refractivity contribution in [3.05, 3.63) is 59.9 Å². The maximum Gasteiger partial charge on any atom is 0.412 e. The van der Waals surface area contributed by atoms with Crippen LogP contribution >= 0.6 is 0 Å². The van der Waals surface area contributed by atoms with Crippen molar-refractivity contribution in [2.45, 2.75) is 83.6 Å². The van der Waals surface area contributed by atoms with E-state index in [4.69, 9.17) is 28.4 Å². The van der Waals surface area contributed by atoms with Crippen LogP contribution in [0.2, 0.25) is 0 Å². The van der Waals surface area contributed by atoms with Crippen LogP contribution in [0.1, 0.15) is 52.9 Å². The summed E-state index contributed by atoms with van der Waals surface area (Å²) in [6.07, 6.45) is -2.97. The van der Waals surface area contributed by atoms with Crippen LogP contribution in [0.3, 0.4) is 0 Å². The number of rotatable bonds is 16. The molecule has 2 N–H and O–H groups in total. The van der Waals surface area contributed by atoms with E-state index in [2.05, 4.69) is 10.6 Å². The molecule has 3 rings (SSSR count). The summed E-state index contributed by atoms with van der Waals surface area (Å²) in [5, 5.41) is 4.75. The number of hydrogen-bond donors (Lipinski definition) is 2. The molecule has 1 aliphatic heterocycles. The van der Waals surface area contributed by atoms with Gasteiger partial charge in [0.05, 0.1) is 5.69 Å². The number of halogens is 3. The van der Waals surface area contributed by atoms with E-state index in [9.17, 15) is 22.8 Å². The number of nitrogens with one attached hydrogen (secondary N) is 2. The van der Waals surface area contributed by atoms with Crippen molar-refractivity contribution in [1.82, 2.24) is 0 Å². The van der Waals surface area contributed by atoms with Gasteiger partial charge in [0.15, 0.2) is 12.4 Å². The van der Waals surface area contributed by atoms with Crippen LogP contribution in [-0.2, 0) is 28.4 Å². The Balaban J connectivity index is 1.85. The summed E-state index contributed by atoms with van der Waals surface area (Å²) < 4.78 is 76.5. The Kier molecular flexibility index (Phi) is 14.7. The first-order chi connectivity index (χ1) is 21.2. The van der Waals surface area contributed by atoms with Gasteiger partial charge in [-0.05, 0) is 55.7 Å². The normalized spacial score (nSPS) is 21.5. The largest absolute Gasteiger partial charge is 0.446 e. The van der Waals surface area contributed by atoms with E-state index in [1.165, 1.54) is 24.3 Å². The molecule has 0 aromatic heterocycles. The number of anilines is 2. The highest BCUT2D eigenvalue weighted by Gasteiger charge is 2.50. The highest BCUT2D eigenvalue weighted by molar-refractivity contribution is 5.85. The van der Waals surface area contributed by atoms with E-state index < -0.39 is 67.0 Å². The number of hydrogen-bond acceptors (Lipinski definition) is 8. The summed E-state index contributed by atoms with van der Waals surface area (Å²) in [5.41, 5.74) is -0.00839. The quantitative estimate of drug-likeness (QED) is 0.196. The molecule has 1 saturated heterocycles. The summed E-state index contributed by atoms with van der Waals surface area (Å²) in [6, 6.07) is 7.76. The van der Waals surface area contributed by atoms with E-state index in [0.717, 1.165) is 37.8 Å². The molecule has 244 valence electrons. The van der Waals surface area contributed by atoms with E-state index in [0.29, 0.717) is 25.7 Å². The van der Waals surface area contributed by atoms with Gasteiger partial charge in [0.1, 0.15) is 42.4 Å². The first-order valence-electron chi connectivity index (χ1n) is 14.9. The molecular weight excluding hydrogens is 585 g/mol. The van der Waals surface area contributed by atoms with Gasteiger partial charge >= 0.3 is 12.2 Å². The minimum absolute atomic E-state index is 0.282. The molecule has 2 amide bonds. The third kappa shape index (κ3) is 11.0. The molecule has 0 bridgehead atoms. The third-order valence-corrected chi connectivity index (χ3v) is 6.57. The first kappa shape index (κ1) is 35.1. The Morgan fingerprint density at radius 1 is 0.750 bits per heavy atom. The lowest BCUT2D eigenvalue weighted by molar-refractivity contribution is -0.314. The average Bonchev–Trinajstić information content (AvgIpc) is 2.99. The fraction of sp³-hybridized carbons (Fsp3) is 0.548. The van der Waals surface area contributed by atoms with Gasteiger partial charge in [-0.3, -0.25) is 10.6 Å². The van der Waals surface area contributed by atoms with Crippen molar-refractivity contribution in [2.75, 3.05) is 37.1 Å². The number of amides is 2. The molecule has 1 heterocycles. The number of benzene rings is 2. The van der Waals surface area contributed by atoms with Gasteiger partial charge in [0.2, 0.25) is 0 Å². The summed E-state index contributed by atoms with van der Waals surface area (Å²) in [7, 11) is 0. The molecule has 2 aromatic rings. The Labute approximate surface area is 255 Å². The van der Waals surface area contributed by atoms with E-state index >= 15 is 0 Å². The zero-order valence-electron chi connectivity index (χ0n) is 25.2. The van der Waals surface area contributed by atoms with Gasteiger partial charge in [-0.2, -0.15) is 0 Å². The van der Waals surface area contributed by atoms with Crippen molar-refractivity contribution in [1.29, 1.82) is 0 Å². The molecule has 0 spiro atoms. The van der Waals surface area contributed by atoms with Crippen LogP contribution in [0.25, 0.3) is 0 Å². The molecule has 0 aliphatic carbocycles. The van der Waals surface area contributed by atoms with E-state index in [1.54, 1.807) is 0 Å². The molecule has 0 radical (unpaired) electrons.